The molecule has 0 aromatic rings. The standard InChI is InChI=1S/C12H22O4.C2H6/c1-8(2)14-11(13)7-10-6-9(3)15-12(4,5)16-10;1-2/h8-10H,6-7H2,1-5H3;1-2H3/t9-,10-;/m1./s1. The molecule has 1 aliphatic rings. The molecular weight excluding hydrogens is 232 g/mol. The summed E-state index contributed by atoms with van der Waals surface area (Å²) < 4.78 is 16.4. The molecule has 2 atom stereocenters. The van der Waals surface area contributed by atoms with Crippen LogP contribution < -0.4 is 0 Å². The maximum absolute atomic E-state index is 11.5. The van der Waals surface area contributed by atoms with E-state index in [0.717, 1.165) is 6.42 Å². The van der Waals surface area contributed by atoms with Crippen molar-refractivity contribution in [2.45, 2.75) is 85.4 Å². The van der Waals surface area contributed by atoms with Gasteiger partial charge in [0.15, 0.2) is 5.79 Å². The third kappa shape index (κ3) is 6.97. The second kappa shape index (κ2) is 7.74. The highest BCUT2D eigenvalue weighted by molar-refractivity contribution is 5.70. The maximum atomic E-state index is 11.5. The zero-order chi connectivity index (χ0) is 14.3. The second-order valence-electron chi connectivity index (χ2n) is 5.05. The summed E-state index contributed by atoms with van der Waals surface area (Å²) >= 11 is 0. The molecule has 0 amide bonds. The minimum atomic E-state index is -0.611. The van der Waals surface area contributed by atoms with Gasteiger partial charge in [-0.25, -0.2) is 0 Å². The number of hydrogen-bond acceptors (Lipinski definition) is 4. The molecule has 0 aromatic carbocycles. The summed E-state index contributed by atoms with van der Waals surface area (Å²) in [5, 5.41) is 0. The molecule has 1 fully saturated rings. The normalized spacial score (nSPS) is 26.2. The Morgan fingerprint density at radius 2 is 1.89 bits per heavy atom. The first-order valence-corrected chi connectivity index (χ1v) is 6.83. The zero-order valence-electron chi connectivity index (χ0n) is 12.8. The van der Waals surface area contributed by atoms with Crippen LogP contribution in [0.4, 0.5) is 0 Å². The number of carbonyl (C=O) groups is 1. The summed E-state index contributed by atoms with van der Waals surface area (Å²) in [6, 6.07) is 0. The van der Waals surface area contributed by atoms with Gasteiger partial charge in [-0.2, -0.15) is 0 Å². The Labute approximate surface area is 111 Å². The summed E-state index contributed by atoms with van der Waals surface area (Å²) in [4.78, 5) is 11.5. The molecule has 0 saturated carbocycles. The third-order valence-corrected chi connectivity index (χ3v) is 2.29. The Hall–Kier alpha value is -0.610. The Balaban J connectivity index is 0.00000137. The highest BCUT2D eigenvalue weighted by atomic mass is 16.7. The van der Waals surface area contributed by atoms with Crippen molar-refractivity contribution in [1.82, 2.24) is 0 Å². The lowest BCUT2D eigenvalue weighted by atomic mass is 10.1. The van der Waals surface area contributed by atoms with Crippen molar-refractivity contribution in [1.29, 1.82) is 0 Å². The van der Waals surface area contributed by atoms with Gasteiger partial charge >= 0.3 is 5.97 Å². The van der Waals surface area contributed by atoms with Gasteiger partial charge in [0.1, 0.15) is 0 Å². The van der Waals surface area contributed by atoms with E-state index in [4.69, 9.17) is 14.2 Å². The van der Waals surface area contributed by atoms with E-state index in [9.17, 15) is 4.79 Å². The largest absolute Gasteiger partial charge is 0.463 e. The molecule has 0 N–H and O–H groups in total. The molecule has 0 aromatic heterocycles. The van der Waals surface area contributed by atoms with Gasteiger partial charge in [-0.05, 0) is 34.6 Å². The highest BCUT2D eigenvalue weighted by Crippen LogP contribution is 2.28. The molecule has 0 radical (unpaired) electrons. The van der Waals surface area contributed by atoms with Crippen LogP contribution in [0.2, 0.25) is 0 Å². The molecule has 1 heterocycles. The van der Waals surface area contributed by atoms with Crippen LogP contribution in [-0.2, 0) is 19.0 Å². The SMILES string of the molecule is CC.CC(C)OC(=O)C[C@H]1C[C@@H](C)OC(C)(C)O1. The molecule has 18 heavy (non-hydrogen) atoms. The molecule has 0 bridgehead atoms. The lowest BCUT2D eigenvalue weighted by molar-refractivity contribution is -0.296. The van der Waals surface area contributed by atoms with E-state index >= 15 is 0 Å². The average molecular weight is 260 g/mol. The van der Waals surface area contributed by atoms with E-state index in [2.05, 4.69) is 0 Å². The van der Waals surface area contributed by atoms with E-state index in [-0.39, 0.29) is 24.3 Å². The lowest BCUT2D eigenvalue weighted by Crippen LogP contribution is -2.44. The van der Waals surface area contributed by atoms with Crippen LogP contribution in [-0.4, -0.2) is 30.1 Å². The number of carbonyl (C=O) groups excluding carboxylic acids is 1. The summed E-state index contributed by atoms with van der Waals surface area (Å²) in [7, 11) is 0. The quantitative estimate of drug-likeness (QED) is 0.730. The molecular formula is C14H28O4. The van der Waals surface area contributed by atoms with Crippen LogP contribution in [0.3, 0.4) is 0 Å². The van der Waals surface area contributed by atoms with E-state index in [1.54, 1.807) is 0 Å². The van der Waals surface area contributed by atoms with Crippen LogP contribution in [0.5, 0.6) is 0 Å². The predicted molar refractivity (Wildman–Crippen MR) is 71.3 cm³/mol. The number of hydrogen-bond donors (Lipinski definition) is 0. The molecule has 0 spiro atoms. The number of ether oxygens (including phenoxy) is 3. The molecule has 1 aliphatic heterocycles. The van der Waals surface area contributed by atoms with E-state index < -0.39 is 5.79 Å². The van der Waals surface area contributed by atoms with Gasteiger partial charge in [-0.1, -0.05) is 13.8 Å². The first kappa shape index (κ1) is 17.4. The molecule has 108 valence electrons. The number of rotatable bonds is 3. The van der Waals surface area contributed by atoms with E-state index in [1.807, 2.05) is 48.5 Å². The monoisotopic (exact) mass is 260 g/mol. The van der Waals surface area contributed by atoms with Gasteiger partial charge in [0.2, 0.25) is 0 Å². The first-order chi connectivity index (χ1) is 8.28. The van der Waals surface area contributed by atoms with E-state index in [1.165, 1.54) is 0 Å². The third-order valence-electron chi connectivity index (χ3n) is 2.29. The van der Waals surface area contributed by atoms with Crippen molar-refractivity contribution in [2.75, 3.05) is 0 Å². The van der Waals surface area contributed by atoms with Crippen molar-refractivity contribution in [2.24, 2.45) is 0 Å². The van der Waals surface area contributed by atoms with Crippen molar-refractivity contribution in [3.05, 3.63) is 0 Å². The smallest absolute Gasteiger partial charge is 0.308 e. The van der Waals surface area contributed by atoms with Crippen LogP contribution in [0.1, 0.15) is 61.3 Å². The van der Waals surface area contributed by atoms with Crippen molar-refractivity contribution in [3.63, 3.8) is 0 Å². The van der Waals surface area contributed by atoms with Crippen molar-refractivity contribution >= 4 is 5.97 Å². The summed E-state index contributed by atoms with van der Waals surface area (Å²) in [6.07, 6.45) is 0.967. The molecule has 4 nitrogen and oxygen atoms in total. The molecule has 1 rings (SSSR count). The maximum Gasteiger partial charge on any atom is 0.308 e. The van der Waals surface area contributed by atoms with E-state index in [0.29, 0.717) is 6.42 Å². The van der Waals surface area contributed by atoms with Crippen molar-refractivity contribution < 1.29 is 19.0 Å². The molecule has 1 saturated heterocycles. The van der Waals surface area contributed by atoms with Gasteiger partial charge in [-0.3, -0.25) is 4.79 Å². The molecule has 0 aliphatic carbocycles. The fourth-order valence-corrected chi connectivity index (χ4v) is 2.00. The Bertz CT molecular complexity index is 248. The Kier molecular flexibility index (Phi) is 7.48. The van der Waals surface area contributed by atoms with Crippen LogP contribution >= 0.6 is 0 Å². The Morgan fingerprint density at radius 3 is 2.33 bits per heavy atom. The summed E-state index contributed by atoms with van der Waals surface area (Å²) in [5.41, 5.74) is 0. The fraction of sp³-hybridized carbons (Fsp3) is 0.929. The molecule has 0 unspecified atom stereocenters. The van der Waals surface area contributed by atoms with Crippen molar-refractivity contribution in [3.8, 4) is 0 Å². The van der Waals surface area contributed by atoms with Crippen LogP contribution in [0.25, 0.3) is 0 Å². The summed E-state index contributed by atoms with van der Waals surface area (Å²) in [5.74, 6) is -0.814. The topological polar surface area (TPSA) is 44.8 Å². The summed E-state index contributed by atoms with van der Waals surface area (Å²) in [6.45, 7) is 13.4. The molecule has 4 heteroatoms. The van der Waals surface area contributed by atoms with Gasteiger partial charge in [0.05, 0.1) is 24.7 Å². The predicted octanol–water partition coefficient (Wildman–Crippen LogP) is 3.28. The van der Waals surface area contributed by atoms with Gasteiger partial charge in [0.25, 0.3) is 0 Å². The van der Waals surface area contributed by atoms with Gasteiger partial charge in [0, 0.05) is 6.42 Å². The second-order valence-corrected chi connectivity index (χ2v) is 5.05. The lowest BCUT2D eigenvalue weighted by Gasteiger charge is -2.39. The fourth-order valence-electron chi connectivity index (χ4n) is 2.00. The van der Waals surface area contributed by atoms with Gasteiger partial charge in [-0.15, -0.1) is 0 Å². The minimum absolute atomic E-state index is 0.0715. The number of esters is 1. The Morgan fingerprint density at radius 1 is 1.33 bits per heavy atom. The average Bonchev–Trinajstić information content (AvgIpc) is 2.15. The minimum Gasteiger partial charge on any atom is -0.463 e. The van der Waals surface area contributed by atoms with Gasteiger partial charge < -0.3 is 14.2 Å². The highest BCUT2D eigenvalue weighted by Gasteiger charge is 2.34. The van der Waals surface area contributed by atoms with Crippen LogP contribution in [0.15, 0.2) is 0 Å². The van der Waals surface area contributed by atoms with Crippen LogP contribution in [0, 0.1) is 0 Å². The first-order valence-electron chi connectivity index (χ1n) is 6.83. The zero-order valence-corrected chi connectivity index (χ0v) is 12.8.